The summed E-state index contributed by atoms with van der Waals surface area (Å²) in [6.07, 6.45) is 5.33. The van der Waals surface area contributed by atoms with E-state index in [0.717, 1.165) is 37.1 Å². The number of fused-ring (bicyclic) bond motifs is 1. The number of carbonyl (C=O) groups is 2. The third kappa shape index (κ3) is 5.13. The summed E-state index contributed by atoms with van der Waals surface area (Å²) in [5, 5.41) is 14.4. The Labute approximate surface area is 208 Å². The number of anilines is 4. The number of para-hydroxylation sites is 1. The molecule has 0 bridgehead atoms. The Morgan fingerprint density at radius 1 is 0.944 bits per heavy atom. The van der Waals surface area contributed by atoms with Crippen molar-refractivity contribution in [3.63, 3.8) is 0 Å². The Hall–Kier alpha value is -4.44. The Kier molecular flexibility index (Phi) is 6.50. The highest BCUT2D eigenvalue weighted by Crippen LogP contribution is 2.27. The normalized spacial score (nSPS) is 17.5. The number of primary amides is 1. The minimum atomic E-state index is -0.530. The SMILES string of the molecule is NC(=O)c1ccc(NC(=O)c2cnc3c(Nc4ccccc4)cc(N[C@H]4CC[C@H](N)CC4)nn23)cc1. The van der Waals surface area contributed by atoms with Crippen molar-refractivity contribution in [1.29, 1.82) is 0 Å². The molecule has 1 aliphatic rings. The average molecular weight is 485 g/mol. The highest BCUT2D eigenvalue weighted by molar-refractivity contribution is 6.04. The van der Waals surface area contributed by atoms with Crippen molar-refractivity contribution >= 4 is 40.3 Å². The van der Waals surface area contributed by atoms with Gasteiger partial charge in [0.25, 0.3) is 5.91 Å². The lowest BCUT2D eigenvalue weighted by Gasteiger charge is -2.27. The van der Waals surface area contributed by atoms with Crippen molar-refractivity contribution in [1.82, 2.24) is 14.6 Å². The molecule has 0 atom stereocenters. The van der Waals surface area contributed by atoms with E-state index in [-0.39, 0.29) is 23.7 Å². The molecule has 2 amide bonds. The van der Waals surface area contributed by atoms with Crippen LogP contribution >= 0.6 is 0 Å². The highest BCUT2D eigenvalue weighted by atomic mass is 16.2. The predicted molar refractivity (Wildman–Crippen MR) is 139 cm³/mol. The van der Waals surface area contributed by atoms with Crippen molar-refractivity contribution in [2.24, 2.45) is 11.5 Å². The zero-order valence-corrected chi connectivity index (χ0v) is 19.6. The van der Waals surface area contributed by atoms with Crippen molar-refractivity contribution in [2.45, 2.75) is 37.8 Å². The fourth-order valence-corrected chi connectivity index (χ4v) is 4.35. The summed E-state index contributed by atoms with van der Waals surface area (Å²) >= 11 is 0. The number of amides is 2. The molecule has 0 radical (unpaired) electrons. The van der Waals surface area contributed by atoms with Gasteiger partial charge in [-0.05, 0) is 62.1 Å². The Morgan fingerprint density at radius 2 is 1.67 bits per heavy atom. The van der Waals surface area contributed by atoms with E-state index in [2.05, 4.69) is 20.9 Å². The fourth-order valence-electron chi connectivity index (χ4n) is 4.35. The Morgan fingerprint density at radius 3 is 2.36 bits per heavy atom. The maximum atomic E-state index is 13.2. The standard InChI is InChI=1S/C26H28N8O2/c27-17-8-12-19(13-9-17)31-23-14-21(30-18-4-2-1-3-5-18)25-29-15-22(34(25)33-23)26(36)32-20-10-6-16(7-11-20)24(28)35/h1-7,10-11,14-15,17,19,30H,8-9,12-13,27H2,(H2,28,35)(H,31,33)(H,32,36)/t17-,19-. The van der Waals surface area contributed by atoms with Crippen LogP contribution < -0.4 is 27.4 Å². The molecule has 2 aromatic heterocycles. The van der Waals surface area contributed by atoms with E-state index in [1.54, 1.807) is 24.3 Å². The second kappa shape index (κ2) is 10.0. The molecule has 4 aromatic rings. The lowest BCUT2D eigenvalue weighted by Crippen LogP contribution is -2.33. The second-order valence-corrected chi connectivity index (χ2v) is 8.96. The summed E-state index contributed by atoms with van der Waals surface area (Å²) in [5.74, 6) is -0.273. The quantitative estimate of drug-likeness (QED) is 0.269. The van der Waals surface area contributed by atoms with Crippen molar-refractivity contribution in [2.75, 3.05) is 16.0 Å². The van der Waals surface area contributed by atoms with Gasteiger partial charge in [-0.1, -0.05) is 18.2 Å². The molecule has 0 saturated heterocycles. The predicted octanol–water partition coefficient (Wildman–Crippen LogP) is 3.51. The molecule has 0 unspecified atom stereocenters. The Balaban J connectivity index is 1.46. The van der Waals surface area contributed by atoms with Crippen LogP contribution in [0.5, 0.6) is 0 Å². The highest BCUT2D eigenvalue weighted by Gasteiger charge is 2.21. The molecule has 10 heteroatoms. The van der Waals surface area contributed by atoms with Crippen molar-refractivity contribution in [3.8, 4) is 0 Å². The van der Waals surface area contributed by atoms with E-state index in [4.69, 9.17) is 16.6 Å². The number of carbonyl (C=O) groups excluding carboxylic acids is 2. The molecule has 1 aliphatic carbocycles. The Bertz CT molecular complexity index is 1380. The van der Waals surface area contributed by atoms with Gasteiger partial charge in [-0.2, -0.15) is 0 Å². The van der Waals surface area contributed by atoms with E-state index >= 15 is 0 Å². The number of nitrogens with zero attached hydrogens (tertiary/aromatic N) is 3. The summed E-state index contributed by atoms with van der Waals surface area (Å²) in [6.45, 7) is 0. The largest absolute Gasteiger partial charge is 0.366 e. The molecule has 10 nitrogen and oxygen atoms in total. The van der Waals surface area contributed by atoms with Gasteiger partial charge in [0.15, 0.2) is 11.3 Å². The van der Waals surface area contributed by atoms with Gasteiger partial charge in [-0.3, -0.25) is 9.59 Å². The van der Waals surface area contributed by atoms with Gasteiger partial charge in [0.1, 0.15) is 5.82 Å². The van der Waals surface area contributed by atoms with Crippen LogP contribution in [0.2, 0.25) is 0 Å². The van der Waals surface area contributed by atoms with Gasteiger partial charge >= 0.3 is 0 Å². The van der Waals surface area contributed by atoms with E-state index in [9.17, 15) is 9.59 Å². The molecule has 1 fully saturated rings. The van der Waals surface area contributed by atoms with Gasteiger partial charge < -0.3 is 27.4 Å². The maximum absolute atomic E-state index is 13.2. The molecule has 2 aromatic carbocycles. The number of rotatable bonds is 7. The minimum Gasteiger partial charge on any atom is -0.366 e. The molecule has 0 aliphatic heterocycles. The fraction of sp³-hybridized carbons (Fsp3) is 0.231. The maximum Gasteiger partial charge on any atom is 0.276 e. The first-order valence-corrected chi connectivity index (χ1v) is 11.9. The molecular formula is C26H28N8O2. The van der Waals surface area contributed by atoms with Gasteiger partial charge in [0.2, 0.25) is 5.91 Å². The molecule has 5 rings (SSSR count). The molecular weight excluding hydrogens is 456 g/mol. The van der Waals surface area contributed by atoms with Crippen LogP contribution in [0.25, 0.3) is 5.65 Å². The molecule has 7 N–H and O–H groups in total. The lowest BCUT2D eigenvalue weighted by atomic mass is 9.92. The number of benzene rings is 2. The first-order chi connectivity index (χ1) is 17.5. The molecule has 0 spiro atoms. The second-order valence-electron chi connectivity index (χ2n) is 8.96. The zero-order chi connectivity index (χ0) is 25.1. The van der Waals surface area contributed by atoms with Crippen LogP contribution in [-0.4, -0.2) is 38.5 Å². The third-order valence-electron chi connectivity index (χ3n) is 6.30. The van der Waals surface area contributed by atoms with Gasteiger partial charge in [0.05, 0.1) is 11.9 Å². The molecule has 2 heterocycles. The summed E-state index contributed by atoms with van der Waals surface area (Å²) < 4.78 is 1.54. The summed E-state index contributed by atoms with van der Waals surface area (Å²) in [4.78, 5) is 29.0. The van der Waals surface area contributed by atoms with E-state index in [0.29, 0.717) is 22.7 Å². The topological polar surface area (TPSA) is 152 Å². The van der Waals surface area contributed by atoms with E-state index in [1.807, 2.05) is 36.4 Å². The number of imidazole rings is 1. The van der Waals surface area contributed by atoms with Crippen LogP contribution in [-0.2, 0) is 0 Å². The monoisotopic (exact) mass is 484 g/mol. The zero-order valence-electron chi connectivity index (χ0n) is 19.6. The molecule has 184 valence electrons. The molecule has 1 saturated carbocycles. The van der Waals surface area contributed by atoms with Crippen LogP contribution in [0.1, 0.15) is 46.5 Å². The van der Waals surface area contributed by atoms with Gasteiger partial charge in [0, 0.05) is 35.1 Å². The smallest absolute Gasteiger partial charge is 0.276 e. The number of nitrogens with two attached hydrogens (primary N) is 2. The van der Waals surface area contributed by atoms with Gasteiger partial charge in [-0.15, -0.1) is 5.10 Å². The molecule has 36 heavy (non-hydrogen) atoms. The average Bonchev–Trinajstić information content (AvgIpc) is 3.31. The summed E-state index contributed by atoms with van der Waals surface area (Å²) in [5.41, 5.74) is 14.7. The first kappa shape index (κ1) is 23.3. The summed E-state index contributed by atoms with van der Waals surface area (Å²) in [6, 6.07) is 18.5. The van der Waals surface area contributed by atoms with E-state index < -0.39 is 5.91 Å². The third-order valence-corrected chi connectivity index (χ3v) is 6.30. The number of aromatic nitrogens is 3. The minimum absolute atomic E-state index is 0.245. The van der Waals surface area contributed by atoms with Crippen LogP contribution in [0.4, 0.5) is 22.9 Å². The van der Waals surface area contributed by atoms with Crippen LogP contribution in [0.3, 0.4) is 0 Å². The van der Waals surface area contributed by atoms with Crippen molar-refractivity contribution in [3.05, 3.63) is 78.1 Å². The van der Waals surface area contributed by atoms with Gasteiger partial charge in [-0.25, -0.2) is 9.50 Å². The first-order valence-electron chi connectivity index (χ1n) is 11.9. The van der Waals surface area contributed by atoms with E-state index in [1.165, 1.54) is 10.7 Å². The van der Waals surface area contributed by atoms with Crippen LogP contribution in [0.15, 0.2) is 66.9 Å². The lowest BCUT2D eigenvalue weighted by molar-refractivity contribution is 0.0997. The van der Waals surface area contributed by atoms with Crippen molar-refractivity contribution < 1.29 is 9.59 Å². The number of hydrogen-bond acceptors (Lipinski definition) is 7. The number of hydrogen-bond donors (Lipinski definition) is 5. The van der Waals surface area contributed by atoms with Crippen LogP contribution in [0, 0.1) is 0 Å². The number of nitrogens with one attached hydrogen (secondary N) is 3. The summed E-state index contributed by atoms with van der Waals surface area (Å²) in [7, 11) is 0.